The van der Waals surface area contributed by atoms with Gasteiger partial charge in [0.1, 0.15) is 16.6 Å². The zero-order chi connectivity index (χ0) is 19.3. The Morgan fingerprint density at radius 3 is 2.46 bits per heavy atom. The number of para-hydroxylation sites is 1. The Morgan fingerprint density at radius 2 is 1.88 bits per heavy atom. The molecule has 9 nitrogen and oxygen atoms in total. The van der Waals surface area contributed by atoms with Crippen LogP contribution in [0.2, 0.25) is 0 Å². The Balaban J connectivity index is 1.90. The summed E-state index contributed by atoms with van der Waals surface area (Å²) in [4.78, 5) is 23.6. The van der Waals surface area contributed by atoms with Crippen molar-refractivity contribution in [1.82, 2.24) is 9.88 Å². The third-order valence-corrected chi connectivity index (χ3v) is 5.11. The molecule has 1 heterocycles. The second-order valence-electron chi connectivity index (χ2n) is 5.52. The number of anilines is 1. The van der Waals surface area contributed by atoms with Gasteiger partial charge >= 0.3 is 5.97 Å². The summed E-state index contributed by atoms with van der Waals surface area (Å²) in [5, 5.41) is 6.12. The molecule has 10 heteroatoms. The molecule has 26 heavy (non-hydrogen) atoms. The van der Waals surface area contributed by atoms with Crippen LogP contribution >= 0.6 is 0 Å². The first-order valence-corrected chi connectivity index (χ1v) is 9.16. The second kappa shape index (κ2) is 8.11. The predicted molar refractivity (Wildman–Crippen MR) is 91.8 cm³/mol. The van der Waals surface area contributed by atoms with Crippen LogP contribution < -0.4 is 10.0 Å². The minimum absolute atomic E-state index is 0.109. The first-order valence-electron chi connectivity index (χ1n) is 7.67. The highest BCUT2D eigenvalue weighted by Gasteiger charge is 2.28. The van der Waals surface area contributed by atoms with Gasteiger partial charge < -0.3 is 14.6 Å². The number of benzene rings is 1. The van der Waals surface area contributed by atoms with E-state index in [1.807, 2.05) is 0 Å². The Kier molecular flexibility index (Phi) is 6.11. The van der Waals surface area contributed by atoms with E-state index in [9.17, 15) is 18.0 Å². The molecule has 0 radical (unpaired) electrons. The summed E-state index contributed by atoms with van der Waals surface area (Å²) in [6.45, 7) is 3.70. The molecule has 1 amide bonds. The fourth-order valence-electron chi connectivity index (χ4n) is 2.18. The number of ether oxygens (including phenoxy) is 1. The molecule has 1 aromatic heterocycles. The summed E-state index contributed by atoms with van der Waals surface area (Å²) in [7, 11) is -4.02. The Labute approximate surface area is 150 Å². The number of amides is 1. The minimum Gasteiger partial charge on any atom is -0.454 e. The maximum absolute atomic E-state index is 12.3. The molecule has 0 fully saturated rings. The van der Waals surface area contributed by atoms with E-state index >= 15 is 0 Å². The van der Waals surface area contributed by atoms with Crippen molar-refractivity contribution in [2.45, 2.75) is 31.7 Å². The molecule has 0 unspecified atom stereocenters. The summed E-state index contributed by atoms with van der Waals surface area (Å²) < 4.78 is 36.5. The predicted octanol–water partition coefficient (Wildman–Crippen LogP) is 1.14. The number of sulfonamides is 1. The van der Waals surface area contributed by atoms with Gasteiger partial charge in [0.2, 0.25) is 10.0 Å². The van der Waals surface area contributed by atoms with Crippen LogP contribution in [-0.4, -0.2) is 38.1 Å². The molecule has 1 atom stereocenters. The van der Waals surface area contributed by atoms with E-state index in [4.69, 9.17) is 9.26 Å². The molecule has 1 aromatic carbocycles. The van der Waals surface area contributed by atoms with Gasteiger partial charge in [-0.3, -0.25) is 9.59 Å². The average molecular weight is 381 g/mol. The number of esters is 1. The largest absolute Gasteiger partial charge is 0.454 e. The van der Waals surface area contributed by atoms with Crippen LogP contribution in [0.1, 0.15) is 18.4 Å². The number of hydrogen-bond donors (Lipinski definition) is 2. The number of carbonyl (C=O) groups excluding carboxylic acids is 2. The van der Waals surface area contributed by atoms with E-state index in [1.165, 1.54) is 20.8 Å². The molecule has 0 saturated heterocycles. The molecule has 2 aromatic rings. The molecule has 0 aliphatic rings. The molecular formula is C16H19N3O6S. The molecule has 0 bridgehead atoms. The number of hydrogen-bond acceptors (Lipinski definition) is 7. The molecule has 0 aliphatic heterocycles. The molecule has 0 spiro atoms. The van der Waals surface area contributed by atoms with Gasteiger partial charge in [-0.25, -0.2) is 8.42 Å². The van der Waals surface area contributed by atoms with E-state index in [0.29, 0.717) is 5.69 Å². The van der Waals surface area contributed by atoms with Gasteiger partial charge in [0.25, 0.3) is 5.91 Å². The van der Waals surface area contributed by atoms with Crippen LogP contribution in [0, 0.1) is 13.8 Å². The molecular weight excluding hydrogens is 362 g/mol. The summed E-state index contributed by atoms with van der Waals surface area (Å²) >= 11 is 0. The van der Waals surface area contributed by atoms with Crippen molar-refractivity contribution >= 4 is 27.6 Å². The second-order valence-corrected chi connectivity index (χ2v) is 7.17. The summed E-state index contributed by atoms with van der Waals surface area (Å²) in [6.07, 6.45) is 0. The van der Waals surface area contributed by atoms with Crippen molar-refractivity contribution in [2.75, 3.05) is 11.9 Å². The van der Waals surface area contributed by atoms with Crippen molar-refractivity contribution in [2.24, 2.45) is 0 Å². The van der Waals surface area contributed by atoms with Crippen LogP contribution in [0.15, 0.2) is 39.8 Å². The molecule has 0 saturated carbocycles. The van der Waals surface area contributed by atoms with E-state index in [-0.39, 0.29) is 16.3 Å². The van der Waals surface area contributed by atoms with Crippen molar-refractivity contribution in [3.8, 4) is 0 Å². The van der Waals surface area contributed by atoms with Crippen LogP contribution in [0.5, 0.6) is 0 Å². The molecule has 2 N–H and O–H groups in total. The van der Waals surface area contributed by atoms with Gasteiger partial charge in [0.05, 0.1) is 0 Å². The number of aryl methyl sites for hydroxylation is 2. The maximum Gasteiger partial charge on any atom is 0.324 e. The van der Waals surface area contributed by atoms with Gasteiger partial charge in [-0.2, -0.15) is 4.72 Å². The van der Waals surface area contributed by atoms with Crippen LogP contribution in [0.25, 0.3) is 0 Å². The third kappa shape index (κ3) is 4.90. The Hall–Kier alpha value is -2.72. The minimum atomic E-state index is -4.02. The normalized spacial score (nSPS) is 12.4. The zero-order valence-corrected chi connectivity index (χ0v) is 15.3. The van der Waals surface area contributed by atoms with Gasteiger partial charge in [-0.15, -0.1) is 0 Å². The highest BCUT2D eigenvalue weighted by atomic mass is 32.2. The number of rotatable bonds is 7. The smallest absolute Gasteiger partial charge is 0.324 e. The summed E-state index contributed by atoms with van der Waals surface area (Å²) in [6, 6.07) is 7.45. The highest BCUT2D eigenvalue weighted by Crippen LogP contribution is 2.19. The maximum atomic E-state index is 12.3. The van der Waals surface area contributed by atoms with Crippen molar-refractivity contribution < 1.29 is 27.3 Å². The Bertz CT molecular complexity index is 872. The first kappa shape index (κ1) is 19.6. The number of carbonyl (C=O) groups is 2. The zero-order valence-electron chi connectivity index (χ0n) is 14.5. The van der Waals surface area contributed by atoms with Gasteiger partial charge in [0, 0.05) is 5.69 Å². The molecule has 0 aliphatic carbocycles. The van der Waals surface area contributed by atoms with Gasteiger partial charge in [0.15, 0.2) is 12.4 Å². The van der Waals surface area contributed by atoms with Crippen LogP contribution in [0.3, 0.4) is 0 Å². The number of aromatic nitrogens is 1. The van der Waals surface area contributed by atoms with E-state index in [1.54, 1.807) is 30.3 Å². The lowest BCUT2D eigenvalue weighted by molar-refractivity contribution is -0.148. The van der Waals surface area contributed by atoms with E-state index in [2.05, 4.69) is 15.2 Å². The average Bonchev–Trinajstić information content (AvgIpc) is 2.92. The van der Waals surface area contributed by atoms with E-state index in [0.717, 1.165) is 0 Å². The van der Waals surface area contributed by atoms with Crippen LogP contribution in [0.4, 0.5) is 5.69 Å². The summed E-state index contributed by atoms with van der Waals surface area (Å²) in [5.74, 6) is -1.31. The van der Waals surface area contributed by atoms with Crippen molar-refractivity contribution in [3.63, 3.8) is 0 Å². The van der Waals surface area contributed by atoms with Crippen LogP contribution in [-0.2, 0) is 24.3 Å². The lowest BCUT2D eigenvalue weighted by atomic mass is 10.3. The quantitative estimate of drug-likeness (QED) is 0.688. The number of nitrogens with zero attached hydrogens (tertiary/aromatic N) is 1. The summed E-state index contributed by atoms with van der Waals surface area (Å²) in [5.41, 5.74) is 0.735. The highest BCUT2D eigenvalue weighted by molar-refractivity contribution is 7.89. The monoisotopic (exact) mass is 381 g/mol. The fourth-order valence-corrected chi connectivity index (χ4v) is 3.70. The van der Waals surface area contributed by atoms with Crippen molar-refractivity contribution in [1.29, 1.82) is 0 Å². The number of nitrogens with one attached hydrogen (secondary N) is 2. The Morgan fingerprint density at radius 1 is 1.23 bits per heavy atom. The van der Waals surface area contributed by atoms with Gasteiger partial charge in [-0.1, -0.05) is 23.4 Å². The van der Waals surface area contributed by atoms with E-state index < -0.39 is 34.5 Å². The standard InChI is InChI=1S/C16H19N3O6S/c1-10-15(12(3)25-18-10)26(22,23)19-11(2)16(21)24-9-14(20)17-13-7-5-4-6-8-13/h4-8,11,19H,9H2,1-3H3,(H,17,20)/t11-/m0/s1. The molecule has 140 valence electrons. The van der Waals surface area contributed by atoms with Crippen molar-refractivity contribution in [3.05, 3.63) is 41.8 Å². The third-order valence-electron chi connectivity index (χ3n) is 3.33. The fraction of sp³-hybridized carbons (Fsp3) is 0.312. The lowest BCUT2D eigenvalue weighted by Gasteiger charge is -2.13. The topological polar surface area (TPSA) is 128 Å². The van der Waals surface area contributed by atoms with Gasteiger partial charge in [-0.05, 0) is 32.9 Å². The first-order chi connectivity index (χ1) is 12.2. The molecule has 2 rings (SSSR count). The SMILES string of the molecule is Cc1noc(C)c1S(=O)(=O)N[C@@H](C)C(=O)OCC(=O)Nc1ccccc1. The lowest BCUT2D eigenvalue weighted by Crippen LogP contribution is -2.40.